The van der Waals surface area contributed by atoms with Gasteiger partial charge in [0, 0.05) is 12.1 Å². The minimum atomic E-state index is -0.521. The summed E-state index contributed by atoms with van der Waals surface area (Å²) >= 11 is 0. The molecule has 2 aromatic rings. The number of carbonyl (C=O) groups is 1. The number of fused-ring (bicyclic) bond motifs is 1. The molecule has 120 valence electrons. The van der Waals surface area contributed by atoms with Gasteiger partial charge >= 0.3 is 0 Å². The second-order valence-electron chi connectivity index (χ2n) is 5.25. The van der Waals surface area contributed by atoms with Crippen molar-refractivity contribution in [2.45, 2.75) is 19.0 Å². The van der Waals surface area contributed by atoms with Crippen LogP contribution in [0.3, 0.4) is 0 Å². The normalized spacial score (nSPS) is 17.1. The average Bonchev–Trinajstić information content (AvgIpc) is 2.93. The molecule has 7 heteroatoms. The molecule has 1 amide bonds. The molecule has 0 aliphatic heterocycles. The Kier molecular flexibility index (Phi) is 4.40. The van der Waals surface area contributed by atoms with Crippen LogP contribution in [0, 0.1) is 0 Å². The van der Waals surface area contributed by atoms with E-state index in [1.165, 1.54) is 0 Å². The van der Waals surface area contributed by atoms with Crippen LogP contribution in [-0.2, 0) is 11.3 Å². The maximum Gasteiger partial charge on any atom is 0.274 e. The van der Waals surface area contributed by atoms with E-state index in [0.717, 1.165) is 11.0 Å². The molecule has 0 radical (unpaired) electrons. The zero-order chi connectivity index (χ0) is 16.2. The number of amides is 1. The lowest BCUT2D eigenvalue weighted by Gasteiger charge is -2.18. The summed E-state index contributed by atoms with van der Waals surface area (Å²) in [4.78, 5) is 15.9. The third-order valence-electron chi connectivity index (χ3n) is 3.76. The Morgan fingerprint density at radius 2 is 2.22 bits per heavy atom. The largest absolute Gasteiger partial charge is 0.395 e. The highest BCUT2D eigenvalue weighted by Gasteiger charge is 2.16. The molecule has 1 heterocycles. The number of hydrogen-bond donors (Lipinski definition) is 4. The van der Waals surface area contributed by atoms with Crippen LogP contribution in [-0.4, -0.2) is 38.4 Å². The van der Waals surface area contributed by atoms with Gasteiger partial charge in [-0.05, 0) is 18.6 Å². The van der Waals surface area contributed by atoms with E-state index in [-0.39, 0.29) is 12.6 Å². The van der Waals surface area contributed by atoms with Crippen molar-refractivity contribution in [2.24, 2.45) is 0 Å². The highest BCUT2D eigenvalue weighted by molar-refractivity contribution is 5.95. The predicted molar refractivity (Wildman–Crippen MR) is 86.0 cm³/mol. The smallest absolute Gasteiger partial charge is 0.274 e. The Labute approximate surface area is 132 Å². The van der Waals surface area contributed by atoms with Crippen molar-refractivity contribution in [3.8, 4) is 0 Å². The molecule has 0 fully saturated rings. The van der Waals surface area contributed by atoms with Crippen molar-refractivity contribution in [1.82, 2.24) is 15.0 Å². The Bertz CT molecular complexity index is 779. The molecule has 1 atom stereocenters. The van der Waals surface area contributed by atoms with E-state index in [4.69, 9.17) is 5.21 Å². The van der Waals surface area contributed by atoms with E-state index >= 15 is 0 Å². The summed E-state index contributed by atoms with van der Waals surface area (Å²) < 4.78 is 1.93. The molecule has 7 nitrogen and oxygen atoms in total. The highest BCUT2D eigenvalue weighted by Crippen LogP contribution is 2.22. The highest BCUT2D eigenvalue weighted by atomic mass is 16.5. The molecule has 0 bridgehead atoms. The third kappa shape index (κ3) is 3.10. The second-order valence-corrected chi connectivity index (χ2v) is 5.25. The molecule has 1 aliphatic carbocycles. The van der Waals surface area contributed by atoms with E-state index in [1.54, 1.807) is 17.6 Å². The zero-order valence-corrected chi connectivity index (χ0v) is 12.4. The number of nitrogens with zero attached hydrogens (tertiary/aromatic N) is 2. The van der Waals surface area contributed by atoms with Gasteiger partial charge in [0.1, 0.15) is 0 Å². The van der Waals surface area contributed by atoms with Gasteiger partial charge in [0.2, 0.25) is 5.95 Å². The van der Waals surface area contributed by atoms with Gasteiger partial charge in [0.05, 0.1) is 23.7 Å². The van der Waals surface area contributed by atoms with Crippen LogP contribution in [0.5, 0.6) is 0 Å². The summed E-state index contributed by atoms with van der Waals surface area (Å²) in [6.45, 7) is 0.476. The molecular weight excluding hydrogens is 296 g/mol. The predicted octanol–water partition coefficient (Wildman–Crippen LogP) is 1.20. The third-order valence-corrected chi connectivity index (χ3v) is 3.76. The molecular formula is C16H18N4O3. The minimum absolute atomic E-state index is 0.0144. The molecule has 3 rings (SSSR count). The van der Waals surface area contributed by atoms with Crippen molar-refractivity contribution in [2.75, 3.05) is 11.9 Å². The van der Waals surface area contributed by atoms with Crippen molar-refractivity contribution in [3.05, 3.63) is 48.1 Å². The van der Waals surface area contributed by atoms with Crippen molar-refractivity contribution in [3.63, 3.8) is 0 Å². The topological polar surface area (TPSA) is 99.4 Å². The Hall–Kier alpha value is -2.64. The summed E-state index contributed by atoms with van der Waals surface area (Å²) in [7, 11) is 0. The fourth-order valence-electron chi connectivity index (χ4n) is 2.64. The Morgan fingerprint density at radius 1 is 1.39 bits per heavy atom. The number of aromatic nitrogens is 2. The molecule has 4 N–H and O–H groups in total. The van der Waals surface area contributed by atoms with E-state index in [9.17, 15) is 9.90 Å². The first-order valence-electron chi connectivity index (χ1n) is 7.38. The molecule has 1 aliphatic rings. The summed E-state index contributed by atoms with van der Waals surface area (Å²) in [6.07, 6.45) is 5.86. The summed E-state index contributed by atoms with van der Waals surface area (Å²) in [5.41, 5.74) is 3.86. The van der Waals surface area contributed by atoms with Crippen LogP contribution in [0.25, 0.3) is 11.0 Å². The number of imidazole rings is 1. The van der Waals surface area contributed by atoms with Crippen molar-refractivity contribution in [1.29, 1.82) is 0 Å². The number of nitrogens with one attached hydrogen (secondary N) is 2. The van der Waals surface area contributed by atoms with Crippen LogP contribution in [0.2, 0.25) is 0 Å². The summed E-state index contributed by atoms with van der Waals surface area (Å²) in [5, 5.41) is 21.2. The summed E-state index contributed by atoms with van der Waals surface area (Å²) in [6, 6.07) is 7.73. The van der Waals surface area contributed by atoms with Gasteiger partial charge in [0.15, 0.2) is 0 Å². The molecule has 1 unspecified atom stereocenters. The number of para-hydroxylation sites is 2. The van der Waals surface area contributed by atoms with Crippen molar-refractivity contribution >= 4 is 22.9 Å². The fourth-order valence-corrected chi connectivity index (χ4v) is 2.64. The number of aliphatic hydroxyl groups excluding tert-OH is 1. The van der Waals surface area contributed by atoms with E-state index in [0.29, 0.717) is 24.5 Å². The number of hydrogen-bond acceptors (Lipinski definition) is 5. The lowest BCUT2D eigenvalue weighted by molar-refractivity contribution is -0.124. The Morgan fingerprint density at radius 3 is 2.91 bits per heavy atom. The van der Waals surface area contributed by atoms with E-state index in [2.05, 4.69) is 10.3 Å². The van der Waals surface area contributed by atoms with Gasteiger partial charge in [-0.15, -0.1) is 0 Å². The number of rotatable bonds is 5. The van der Waals surface area contributed by atoms with Crippen molar-refractivity contribution < 1.29 is 15.1 Å². The van der Waals surface area contributed by atoms with Crippen LogP contribution < -0.4 is 10.8 Å². The molecule has 0 spiro atoms. The van der Waals surface area contributed by atoms with Gasteiger partial charge in [-0.3, -0.25) is 10.0 Å². The summed E-state index contributed by atoms with van der Waals surface area (Å²) in [5.74, 6) is 0.158. The second kappa shape index (κ2) is 6.64. The number of aliphatic hydroxyl groups is 1. The van der Waals surface area contributed by atoms with Crippen LogP contribution in [0.4, 0.5) is 5.95 Å². The van der Waals surface area contributed by atoms with Crippen LogP contribution in [0.15, 0.2) is 48.1 Å². The molecule has 1 aromatic heterocycles. The van der Waals surface area contributed by atoms with Crippen LogP contribution in [0.1, 0.15) is 6.42 Å². The standard InChI is InChI=1S/C16H18N4O3/c21-10-9-20-14-4-2-1-3-13(14)18-16(20)17-12-7-5-11(6-8-12)15(22)19-23/h1-7,12,21,23H,8-10H2,(H,17,18)(H,19,22). The SMILES string of the molecule is O=C(NO)C1=CCC(Nc2nc3ccccc3n2CCO)C=C1. The molecule has 1 aromatic carbocycles. The Balaban J connectivity index is 1.80. The minimum Gasteiger partial charge on any atom is -0.395 e. The van der Waals surface area contributed by atoms with Gasteiger partial charge in [-0.1, -0.05) is 30.4 Å². The lowest BCUT2D eigenvalue weighted by atomic mass is 10.0. The maximum atomic E-state index is 11.3. The average molecular weight is 314 g/mol. The van der Waals surface area contributed by atoms with Crippen LogP contribution >= 0.6 is 0 Å². The van der Waals surface area contributed by atoms with E-state index in [1.807, 2.05) is 34.9 Å². The molecule has 0 saturated carbocycles. The number of hydroxylamine groups is 1. The van der Waals surface area contributed by atoms with Gasteiger partial charge in [-0.2, -0.15) is 0 Å². The molecule has 23 heavy (non-hydrogen) atoms. The molecule has 0 saturated heterocycles. The first-order valence-corrected chi connectivity index (χ1v) is 7.38. The first-order chi connectivity index (χ1) is 11.2. The van der Waals surface area contributed by atoms with Gasteiger partial charge in [-0.25, -0.2) is 10.5 Å². The maximum absolute atomic E-state index is 11.3. The number of anilines is 1. The first kappa shape index (κ1) is 15.3. The quantitative estimate of drug-likeness (QED) is 0.491. The number of benzene rings is 1. The monoisotopic (exact) mass is 314 g/mol. The number of carbonyl (C=O) groups excluding carboxylic acids is 1. The zero-order valence-electron chi connectivity index (χ0n) is 12.4. The van der Waals surface area contributed by atoms with Gasteiger partial charge < -0.3 is 15.0 Å². The van der Waals surface area contributed by atoms with E-state index < -0.39 is 5.91 Å². The van der Waals surface area contributed by atoms with Gasteiger partial charge in [0.25, 0.3) is 5.91 Å². The fraction of sp³-hybridized carbons (Fsp3) is 0.250. The lowest BCUT2D eigenvalue weighted by Crippen LogP contribution is -2.25.